The number of hydrogen-bond donors (Lipinski definition) is 1. The van der Waals surface area contributed by atoms with E-state index in [9.17, 15) is 4.79 Å². The molecule has 3 rings (SSSR count). The van der Waals surface area contributed by atoms with Crippen LogP contribution in [-0.2, 0) is 11.3 Å². The minimum absolute atomic E-state index is 0.0342. The maximum absolute atomic E-state index is 12.3. The first-order chi connectivity index (χ1) is 11.0. The number of hydrogen-bond acceptors (Lipinski definition) is 6. The van der Waals surface area contributed by atoms with Gasteiger partial charge >= 0.3 is 0 Å². The number of rotatable bonds is 3. The Morgan fingerprint density at radius 2 is 2.09 bits per heavy atom. The molecule has 7 heteroatoms. The Morgan fingerprint density at radius 3 is 2.61 bits per heavy atom. The lowest BCUT2D eigenvalue weighted by Crippen LogP contribution is -2.49. The predicted molar refractivity (Wildman–Crippen MR) is 87.3 cm³/mol. The molecule has 2 aliphatic heterocycles. The van der Waals surface area contributed by atoms with Crippen LogP contribution in [-0.4, -0.2) is 66.5 Å². The van der Waals surface area contributed by atoms with Gasteiger partial charge in [-0.1, -0.05) is 6.07 Å². The monoisotopic (exact) mass is 317 g/mol. The zero-order chi connectivity index (χ0) is 16.4. The average molecular weight is 317 g/mol. The van der Waals surface area contributed by atoms with Crippen LogP contribution in [0.1, 0.15) is 18.4 Å². The van der Waals surface area contributed by atoms with Gasteiger partial charge in [0.2, 0.25) is 11.8 Å². The summed E-state index contributed by atoms with van der Waals surface area (Å²) in [5.74, 6) is 1.33. The molecule has 0 atom stereocenters. The van der Waals surface area contributed by atoms with Crippen molar-refractivity contribution in [2.75, 3.05) is 34.3 Å². The second-order valence-electron chi connectivity index (χ2n) is 6.30. The molecule has 1 aromatic rings. The molecule has 124 valence electrons. The van der Waals surface area contributed by atoms with Crippen LogP contribution in [0.2, 0.25) is 0 Å². The van der Waals surface area contributed by atoms with Crippen LogP contribution in [0.15, 0.2) is 23.3 Å². The Balaban J connectivity index is 1.61. The number of aliphatic imine (C=N–C) groups is 1. The summed E-state index contributed by atoms with van der Waals surface area (Å²) in [4.78, 5) is 25.4. The summed E-state index contributed by atoms with van der Waals surface area (Å²) in [5.41, 5.74) is 0.573. The minimum atomic E-state index is -0.575. The Bertz CT molecular complexity index is 603. The Labute approximate surface area is 136 Å². The fourth-order valence-corrected chi connectivity index (χ4v) is 3.01. The average Bonchev–Trinajstić information content (AvgIpc) is 2.88. The molecule has 0 radical (unpaired) electrons. The molecule has 1 amide bonds. The quantitative estimate of drug-likeness (QED) is 0.878. The summed E-state index contributed by atoms with van der Waals surface area (Å²) in [5, 5.41) is 2.89. The predicted octanol–water partition coefficient (Wildman–Crippen LogP) is 0.472. The van der Waals surface area contributed by atoms with Crippen molar-refractivity contribution in [1.82, 2.24) is 20.1 Å². The fourth-order valence-electron chi connectivity index (χ4n) is 3.01. The van der Waals surface area contributed by atoms with Crippen molar-refractivity contribution in [3.05, 3.63) is 23.9 Å². The number of ether oxygens (including phenoxy) is 1. The van der Waals surface area contributed by atoms with E-state index in [0.717, 1.165) is 38.0 Å². The van der Waals surface area contributed by atoms with Gasteiger partial charge in [-0.05, 0) is 18.4 Å². The third-order valence-electron chi connectivity index (χ3n) is 4.49. The molecule has 0 aliphatic carbocycles. The van der Waals surface area contributed by atoms with Crippen LogP contribution >= 0.6 is 0 Å². The van der Waals surface area contributed by atoms with E-state index in [1.165, 1.54) is 0 Å². The molecule has 2 aliphatic rings. The van der Waals surface area contributed by atoms with E-state index in [4.69, 9.17) is 4.74 Å². The number of aromatic nitrogens is 1. The van der Waals surface area contributed by atoms with Crippen LogP contribution in [0.4, 0.5) is 0 Å². The molecular weight excluding hydrogens is 294 g/mol. The lowest BCUT2D eigenvalue weighted by Gasteiger charge is -2.35. The van der Waals surface area contributed by atoms with E-state index in [1.807, 2.05) is 37.3 Å². The molecule has 1 aromatic heterocycles. The van der Waals surface area contributed by atoms with E-state index in [1.54, 1.807) is 7.11 Å². The lowest BCUT2D eigenvalue weighted by atomic mass is 9.88. The van der Waals surface area contributed by atoms with Crippen molar-refractivity contribution in [2.24, 2.45) is 4.99 Å². The highest BCUT2D eigenvalue weighted by atomic mass is 16.5. The Hall–Kier alpha value is -2.15. The van der Waals surface area contributed by atoms with Gasteiger partial charge in [-0.2, -0.15) is 0 Å². The molecule has 1 spiro atoms. The van der Waals surface area contributed by atoms with E-state index < -0.39 is 5.54 Å². The third kappa shape index (κ3) is 3.14. The molecule has 7 nitrogen and oxygen atoms in total. The number of methoxy groups -OCH3 is 1. The first-order valence-electron chi connectivity index (χ1n) is 7.82. The summed E-state index contributed by atoms with van der Waals surface area (Å²) < 4.78 is 5.08. The number of nitrogens with zero attached hydrogens (tertiary/aromatic N) is 4. The van der Waals surface area contributed by atoms with Crippen LogP contribution in [0, 0.1) is 0 Å². The third-order valence-corrected chi connectivity index (χ3v) is 4.49. The summed E-state index contributed by atoms with van der Waals surface area (Å²) in [6.07, 6.45) is 3.34. The van der Waals surface area contributed by atoms with E-state index in [0.29, 0.717) is 11.8 Å². The van der Waals surface area contributed by atoms with Gasteiger partial charge in [-0.3, -0.25) is 15.0 Å². The number of carbonyl (C=O) groups is 1. The first-order valence-corrected chi connectivity index (χ1v) is 7.82. The minimum Gasteiger partial charge on any atom is -0.481 e. The fraction of sp³-hybridized carbons (Fsp3) is 0.562. The van der Waals surface area contributed by atoms with Crippen LogP contribution in [0.3, 0.4) is 0 Å². The zero-order valence-electron chi connectivity index (χ0n) is 13.9. The lowest BCUT2D eigenvalue weighted by molar-refractivity contribution is -0.125. The SMILES string of the molecule is COc1ccc(CN2CCC3(CC2)N=C(N(C)C)NC3=O)cn1. The molecule has 0 saturated carbocycles. The van der Waals surface area contributed by atoms with E-state index in [-0.39, 0.29) is 5.91 Å². The second kappa shape index (κ2) is 6.16. The van der Waals surface area contributed by atoms with Gasteiger partial charge in [-0.15, -0.1) is 0 Å². The van der Waals surface area contributed by atoms with Crippen molar-refractivity contribution in [1.29, 1.82) is 0 Å². The first kappa shape index (κ1) is 15.7. The van der Waals surface area contributed by atoms with Crippen molar-refractivity contribution >= 4 is 11.9 Å². The Morgan fingerprint density at radius 1 is 1.35 bits per heavy atom. The van der Waals surface area contributed by atoms with Gasteiger partial charge in [0.25, 0.3) is 5.91 Å². The standard InChI is InChI=1S/C16H23N5O2/c1-20(2)15-18-14(22)16(19-15)6-8-21(9-7-16)11-12-4-5-13(23-3)17-10-12/h4-5,10H,6-9,11H2,1-3H3,(H,18,19,22). The topological polar surface area (TPSA) is 70.1 Å². The number of likely N-dealkylation sites (tertiary alicyclic amines) is 1. The molecule has 0 bridgehead atoms. The Kier molecular flexibility index (Phi) is 4.21. The van der Waals surface area contributed by atoms with Gasteiger partial charge < -0.3 is 9.64 Å². The van der Waals surface area contributed by atoms with Crippen LogP contribution in [0.25, 0.3) is 0 Å². The van der Waals surface area contributed by atoms with Gasteiger partial charge in [0, 0.05) is 46.0 Å². The van der Waals surface area contributed by atoms with E-state index >= 15 is 0 Å². The number of amides is 1. The number of pyridine rings is 1. The molecule has 0 unspecified atom stereocenters. The number of nitrogens with one attached hydrogen (secondary N) is 1. The smallest absolute Gasteiger partial charge is 0.254 e. The number of carbonyl (C=O) groups excluding carboxylic acids is 1. The van der Waals surface area contributed by atoms with Crippen molar-refractivity contribution in [2.45, 2.75) is 24.9 Å². The highest BCUT2D eigenvalue weighted by Gasteiger charge is 2.46. The maximum Gasteiger partial charge on any atom is 0.254 e. The van der Waals surface area contributed by atoms with Crippen molar-refractivity contribution in [3.8, 4) is 5.88 Å². The zero-order valence-corrected chi connectivity index (χ0v) is 13.9. The maximum atomic E-state index is 12.3. The number of guanidine groups is 1. The van der Waals surface area contributed by atoms with Gasteiger partial charge in [0.05, 0.1) is 7.11 Å². The highest BCUT2D eigenvalue weighted by molar-refractivity contribution is 6.07. The second-order valence-corrected chi connectivity index (χ2v) is 6.30. The summed E-state index contributed by atoms with van der Waals surface area (Å²) in [6.45, 7) is 2.53. The van der Waals surface area contributed by atoms with Crippen molar-refractivity contribution in [3.63, 3.8) is 0 Å². The molecule has 0 aromatic carbocycles. The van der Waals surface area contributed by atoms with Crippen molar-refractivity contribution < 1.29 is 9.53 Å². The normalized spacial score (nSPS) is 20.3. The van der Waals surface area contributed by atoms with Crippen LogP contribution in [0.5, 0.6) is 5.88 Å². The van der Waals surface area contributed by atoms with E-state index in [2.05, 4.69) is 20.2 Å². The molecule has 1 saturated heterocycles. The van der Waals surface area contributed by atoms with Crippen LogP contribution < -0.4 is 10.1 Å². The number of piperidine rings is 1. The molecular formula is C16H23N5O2. The molecule has 1 N–H and O–H groups in total. The molecule has 3 heterocycles. The summed E-state index contributed by atoms with van der Waals surface area (Å²) in [6, 6.07) is 3.90. The van der Waals surface area contributed by atoms with Gasteiger partial charge in [-0.25, -0.2) is 9.98 Å². The summed E-state index contributed by atoms with van der Waals surface area (Å²) in [7, 11) is 5.40. The summed E-state index contributed by atoms with van der Waals surface area (Å²) >= 11 is 0. The largest absolute Gasteiger partial charge is 0.481 e. The molecule has 1 fully saturated rings. The highest BCUT2D eigenvalue weighted by Crippen LogP contribution is 2.30. The van der Waals surface area contributed by atoms with Gasteiger partial charge in [0.1, 0.15) is 5.54 Å². The molecule has 23 heavy (non-hydrogen) atoms. The van der Waals surface area contributed by atoms with Gasteiger partial charge in [0.15, 0.2) is 0 Å².